The van der Waals surface area contributed by atoms with E-state index in [1.807, 2.05) is 6.07 Å². The zero-order valence-electron chi connectivity index (χ0n) is 11.7. The van der Waals surface area contributed by atoms with Crippen LogP contribution in [0.25, 0.3) is 0 Å². The molecule has 0 saturated heterocycles. The Morgan fingerprint density at radius 1 is 1.24 bits per heavy atom. The van der Waals surface area contributed by atoms with Crippen molar-refractivity contribution in [1.29, 1.82) is 0 Å². The molecule has 0 bridgehead atoms. The Morgan fingerprint density at radius 3 is 2.71 bits per heavy atom. The summed E-state index contributed by atoms with van der Waals surface area (Å²) >= 11 is 0. The lowest BCUT2D eigenvalue weighted by atomic mass is 10.0. The highest BCUT2D eigenvalue weighted by atomic mass is 32.2. The van der Waals surface area contributed by atoms with Gasteiger partial charge in [-0.3, -0.25) is 0 Å². The van der Waals surface area contributed by atoms with Gasteiger partial charge in [0, 0.05) is 13.1 Å². The van der Waals surface area contributed by atoms with Gasteiger partial charge in [-0.05, 0) is 37.2 Å². The quantitative estimate of drug-likeness (QED) is 0.630. The highest BCUT2D eigenvalue weighted by Gasteiger charge is 2.22. The zero-order chi connectivity index (χ0) is 15.5. The SMILES string of the molecule is CNS(=O)(=O)CCNS(=O)(=O)c1cccc2c1CCNC2. The molecular weight excluding hydrogens is 314 g/mol. The van der Waals surface area contributed by atoms with Crippen molar-refractivity contribution in [2.24, 2.45) is 0 Å². The Kier molecular flexibility index (Phi) is 4.99. The largest absolute Gasteiger partial charge is 0.312 e. The number of fused-ring (bicyclic) bond motifs is 1. The predicted octanol–water partition coefficient (Wildman–Crippen LogP) is -0.840. The van der Waals surface area contributed by atoms with Crippen molar-refractivity contribution >= 4 is 20.0 Å². The van der Waals surface area contributed by atoms with Gasteiger partial charge in [0.1, 0.15) is 0 Å². The summed E-state index contributed by atoms with van der Waals surface area (Å²) in [4.78, 5) is 0.239. The first-order valence-electron chi connectivity index (χ1n) is 6.58. The van der Waals surface area contributed by atoms with E-state index in [-0.39, 0.29) is 17.2 Å². The molecule has 1 aliphatic heterocycles. The highest BCUT2D eigenvalue weighted by molar-refractivity contribution is 7.90. The first kappa shape index (κ1) is 16.4. The lowest BCUT2D eigenvalue weighted by molar-refractivity contribution is 0.574. The van der Waals surface area contributed by atoms with Crippen molar-refractivity contribution < 1.29 is 16.8 Å². The molecule has 0 fully saturated rings. The first-order chi connectivity index (χ1) is 9.86. The average molecular weight is 333 g/mol. The summed E-state index contributed by atoms with van der Waals surface area (Å²) in [6, 6.07) is 5.15. The van der Waals surface area contributed by atoms with Crippen LogP contribution in [0.2, 0.25) is 0 Å². The van der Waals surface area contributed by atoms with E-state index in [1.165, 1.54) is 7.05 Å². The fourth-order valence-electron chi connectivity index (χ4n) is 2.24. The maximum Gasteiger partial charge on any atom is 0.240 e. The minimum atomic E-state index is -3.70. The van der Waals surface area contributed by atoms with E-state index < -0.39 is 20.0 Å². The zero-order valence-corrected chi connectivity index (χ0v) is 13.4. The molecule has 1 aromatic rings. The van der Waals surface area contributed by atoms with Crippen molar-refractivity contribution in [3.63, 3.8) is 0 Å². The number of nitrogens with one attached hydrogen (secondary N) is 3. The molecule has 1 aliphatic rings. The lowest BCUT2D eigenvalue weighted by Crippen LogP contribution is -2.34. The summed E-state index contributed by atoms with van der Waals surface area (Å²) < 4.78 is 51.8. The molecule has 0 aromatic heterocycles. The molecule has 1 aromatic carbocycles. The summed E-state index contributed by atoms with van der Waals surface area (Å²) in [6.45, 7) is 1.22. The summed E-state index contributed by atoms with van der Waals surface area (Å²) in [6.07, 6.45) is 0.640. The average Bonchev–Trinajstić information content (AvgIpc) is 2.46. The Morgan fingerprint density at radius 2 is 2.00 bits per heavy atom. The van der Waals surface area contributed by atoms with Gasteiger partial charge >= 0.3 is 0 Å². The number of hydrogen-bond acceptors (Lipinski definition) is 5. The minimum absolute atomic E-state index is 0.159. The van der Waals surface area contributed by atoms with Gasteiger partial charge in [0.05, 0.1) is 10.6 Å². The second-order valence-electron chi connectivity index (χ2n) is 4.74. The number of hydrogen-bond donors (Lipinski definition) is 3. The monoisotopic (exact) mass is 333 g/mol. The third kappa shape index (κ3) is 4.01. The third-order valence-corrected chi connectivity index (χ3v) is 6.27. The summed E-state index contributed by atoms with van der Waals surface area (Å²) in [5.41, 5.74) is 1.77. The molecule has 118 valence electrons. The Hall–Kier alpha value is -1.00. The van der Waals surface area contributed by atoms with Gasteiger partial charge in [-0.2, -0.15) is 0 Å². The van der Waals surface area contributed by atoms with Gasteiger partial charge < -0.3 is 5.32 Å². The fraction of sp³-hybridized carbons (Fsp3) is 0.500. The van der Waals surface area contributed by atoms with Gasteiger partial charge in [-0.25, -0.2) is 26.3 Å². The van der Waals surface area contributed by atoms with Crippen molar-refractivity contribution in [2.75, 3.05) is 25.9 Å². The van der Waals surface area contributed by atoms with E-state index in [0.717, 1.165) is 17.7 Å². The van der Waals surface area contributed by atoms with Crippen molar-refractivity contribution in [1.82, 2.24) is 14.8 Å². The van der Waals surface area contributed by atoms with Crippen molar-refractivity contribution in [2.45, 2.75) is 17.9 Å². The van der Waals surface area contributed by atoms with Crippen molar-refractivity contribution in [3.05, 3.63) is 29.3 Å². The van der Waals surface area contributed by atoms with Crippen LogP contribution in [0.1, 0.15) is 11.1 Å². The fourth-order valence-corrected chi connectivity index (χ4v) is 4.28. The Balaban J connectivity index is 2.17. The van der Waals surface area contributed by atoms with Crippen LogP contribution < -0.4 is 14.8 Å². The maximum atomic E-state index is 12.3. The smallest absolute Gasteiger partial charge is 0.240 e. The third-order valence-electron chi connectivity index (χ3n) is 3.36. The molecule has 0 atom stereocenters. The molecule has 0 spiro atoms. The maximum absolute atomic E-state index is 12.3. The molecule has 0 saturated carbocycles. The molecule has 9 heteroatoms. The van der Waals surface area contributed by atoms with E-state index in [4.69, 9.17) is 0 Å². The number of sulfonamides is 2. The van der Waals surface area contributed by atoms with Crippen LogP contribution in [0.3, 0.4) is 0 Å². The van der Waals surface area contributed by atoms with Gasteiger partial charge in [0.2, 0.25) is 20.0 Å². The molecule has 3 N–H and O–H groups in total. The van der Waals surface area contributed by atoms with Crippen LogP contribution in [-0.4, -0.2) is 42.7 Å². The molecular formula is C12H19N3O4S2. The second kappa shape index (κ2) is 6.41. The normalized spacial score (nSPS) is 15.7. The number of benzene rings is 1. The highest BCUT2D eigenvalue weighted by Crippen LogP contribution is 2.22. The van der Waals surface area contributed by atoms with Gasteiger partial charge in [-0.1, -0.05) is 12.1 Å². The molecule has 2 rings (SSSR count). The van der Waals surface area contributed by atoms with Crippen LogP contribution in [0.15, 0.2) is 23.1 Å². The van der Waals surface area contributed by atoms with E-state index >= 15 is 0 Å². The van der Waals surface area contributed by atoms with Crippen molar-refractivity contribution in [3.8, 4) is 0 Å². The molecule has 1 heterocycles. The van der Waals surface area contributed by atoms with E-state index in [9.17, 15) is 16.8 Å². The molecule has 0 aliphatic carbocycles. The van der Waals surface area contributed by atoms with E-state index in [0.29, 0.717) is 13.0 Å². The van der Waals surface area contributed by atoms with E-state index in [1.54, 1.807) is 12.1 Å². The summed E-state index contributed by atoms with van der Waals surface area (Å²) in [7, 11) is -5.83. The topological polar surface area (TPSA) is 104 Å². The molecule has 7 nitrogen and oxygen atoms in total. The van der Waals surface area contributed by atoms with E-state index in [2.05, 4.69) is 14.8 Å². The predicted molar refractivity (Wildman–Crippen MR) is 79.9 cm³/mol. The van der Waals surface area contributed by atoms with Gasteiger partial charge in [0.15, 0.2) is 0 Å². The summed E-state index contributed by atoms with van der Waals surface area (Å²) in [5, 5.41) is 3.19. The Bertz CT molecular complexity index is 714. The van der Waals surface area contributed by atoms with Crippen LogP contribution >= 0.6 is 0 Å². The van der Waals surface area contributed by atoms with Gasteiger partial charge in [-0.15, -0.1) is 0 Å². The molecule has 0 amide bonds. The van der Waals surface area contributed by atoms with Crippen LogP contribution in [0, 0.1) is 0 Å². The minimum Gasteiger partial charge on any atom is -0.312 e. The number of rotatable bonds is 6. The first-order valence-corrected chi connectivity index (χ1v) is 9.71. The van der Waals surface area contributed by atoms with Crippen LogP contribution in [0.5, 0.6) is 0 Å². The molecule has 0 radical (unpaired) electrons. The molecule has 0 unspecified atom stereocenters. The van der Waals surface area contributed by atoms with Crippen LogP contribution in [-0.2, 0) is 33.0 Å². The second-order valence-corrected chi connectivity index (χ2v) is 8.52. The molecule has 21 heavy (non-hydrogen) atoms. The van der Waals surface area contributed by atoms with Gasteiger partial charge in [0.25, 0.3) is 0 Å². The Labute approximate surface area is 125 Å². The van der Waals surface area contributed by atoms with Crippen LogP contribution in [0.4, 0.5) is 0 Å². The lowest BCUT2D eigenvalue weighted by Gasteiger charge is -2.20. The summed E-state index contributed by atoms with van der Waals surface area (Å²) in [5.74, 6) is -0.292. The standard InChI is InChI=1S/C12H19N3O4S2/c1-13-20(16,17)8-7-15-21(18,19)12-4-2-3-10-9-14-6-5-11(10)12/h2-4,13-15H,5-9H2,1H3.